The highest BCUT2D eigenvalue weighted by Gasteiger charge is 2.35. The zero-order chi connectivity index (χ0) is 22.9. The average Bonchev–Trinajstić information content (AvgIpc) is 3.15. The van der Waals surface area contributed by atoms with Gasteiger partial charge in [0.2, 0.25) is 0 Å². The molecule has 0 aromatic heterocycles. The highest BCUT2D eigenvalue weighted by atomic mass is 16.7. The summed E-state index contributed by atoms with van der Waals surface area (Å²) in [5.74, 6) is -2.43. The van der Waals surface area contributed by atoms with E-state index in [1.807, 2.05) is 0 Å². The second-order valence-electron chi connectivity index (χ2n) is 8.19. The van der Waals surface area contributed by atoms with Crippen molar-refractivity contribution in [2.45, 2.75) is 32.2 Å². The number of carbonyl (C=O) groups excluding carboxylic acids is 2. The van der Waals surface area contributed by atoms with Gasteiger partial charge in [-0.05, 0) is 19.9 Å². The quantitative estimate of drug-likeness (QED) is 0.566. The smallest absolute Gasteiger partial charge is 0.196 e. The van der Waals surface area contributed by atoms with Crippen LogP contribution >= 0.6 is 0 Å². The van der Waals surface area contributed by atoms with Gasteiger partial charge in [-0.2, -0.15) is 0 Å². The molecule has 3 aromatic carbocycles. The molecule has 1 unspecified atom stereocenters. The van der Waals surface area contributed by atoms with Crippen LogP contribution in [0.25, 0.3) is 0 Å². The Morgan fingerprint density at radius 2 is 1.34 bits per heavy atom. The topological polar surface area (TPSA) is 93.1 Å². The van der Waals surface area contributed by atoms with Crippen molar-refractivity contribution < 1.29 is 29.3 Å². The molecule has 2 N–H and O–H groups in total. The molecule has 1 aliphatic rings. The summed E-state index contributed by atoms with van der Waals surface area (Å²) in [5.41, 5.74) is 0.693. The van der Waals surface area contributed by atoms with Crippen molar-refractivity contribution in [2.75, 3.05) is 6.61 Å². The van der Waals surface area contributed by atoms with Crippen molar-refractivity contribution >= 4 is 11.6 Å². The second-order valence-corrected chi connectivity index (χ2v) is 8.19. The van der Waals surface area contributed by atoms with Crippen LogP contribution in [-0.4, -0.2) is 40.3 Å². The largest absolute Gasteiger partial charge is 0.507 e. The van der Waals surface area contributed by atoms with Crippen molar-refractivity contribution in [2.24, 2.45) is 0 Å². The van der Waals surface area contributed by atoms with Gasteiger partial charge in [0, 0.05) is 23.1 Å². The van der Waals surface area contributed by atoms with Crippen LogP contribution in [-0.2, 0) is 15.9 Å². The van der Waals surface area contributed by atoms with Crippen LogP contribution < -0.4 is 0 Å². The number of ether oxygens (including phenoxy) is 2. The molecule has 1 heterocycles. The molecule has 6 heteroatoms. The maximum Gasteiger partial charge on any atom is 0.196 e. The third-order valence-corrected chi connectivity index (χ3v) is 5.43. The first kappa shape index (κ1) is 21.7. The maximum absolute atomic E-state index is 13.2. The van der Waals surface area contributed by atoms with Gasteiger partial charge < -0.3 is 19.7 Å². The van der Waals surface area contributed by atoms with Crippen LogP contribution in [0, 0.1) is 0 Å². The van der Waals surface area contributed by atoms with Gasteiger partial charge in [0.1, 0.15) is 11.5 Å². The third kappa shape index (κ3) is 4.28. The van der Waals surface area contributed by atoms with Crippen molar-refractivity contribution in [3.8, 4) is 11.5 Å². The van der Waals surface area contributed by atoms with Gasteiger partial charge in [-0.25, -0.2) is 0 Å². The van der Waals surface area contributed by atoms with E-state index in [2.05, 4.69) is 0 Å². The standard InChI is InChI=1S/C26H24O6/c1-26(2)31-15-18(32-26)13-19-24(29)20(22(27)16-9-5-3-6-10-16)14-21(25(19)30)23(28)17-11-7-4-8-12-17/h3-12,14,18,29-30H,13,15H2,1-2H3. The molecule has 164 valence electrons. The van der Waals surface area contributed by atoms with E-state index in [9.17, 15) is 19.8 Å². The van der Waals surface area contributed by atoms with Crippen molar-refractivity contribution in [1.82, 2.24) is 0 Å². The maximum atomic E-state index is 13.2. The fourth-order valence-corrected chi connectivity index (χ4v) is 3.84. The SMILES string of the molecule is CC1(C)OCC(Cc2c(O)c(C(=O)c3ccccc3)cc(C(=O)c3ccccc3)c2O)O1. The Balaban J connectivity index is 1.82. The number of hydrogen-bond donors (Lipinski definition) is 2. The zero-order valence-electron chi connectivity index (χ0n) is 17.9. The molecule has 4 rings (SSSR count). The second kappa shape index (κ2) is 8.57. The first-order valence-corrected chi connectivity index (χ1v) is 10.4. The molecule has 0 spiro atoms. The molecular formula is C26H24O6. The molecule has 3 aromatic rings. The minimum absolute atomic E-state index is 0.0542. The molecule has 0 aliphatic carbocycles. The lowest BCUT2D eigenvalue weighted by Gasteiger charge is -2.19. The lowest BCUT2D eigenvalue weighted by Crippen LogP contribution is -2.22. The molecule has 1 saturated heterocycles. The number of aromatic hydroxyl groups is 2. The van der Waals surface area contributed by atoms with Crippen molar-refractivity contribution in [1.29, 1.82) is 0 Å². The summed E-state index contributed by atoms with van der Waals surface area (Å²) in [5, 5.41) is 22.0. The van der Waals surface area contributed by atoms with E-state index in [0.29, 0.717) is 11.1 Å². The molecule has 1 fully saturated rings. The van der Waals surface area contributed by atoms with Crippen LogP contribution in [0.4, 0.5) is 0 Å². The third-order valence-electron chi connectivity index (χ3n) is 5.43. The summed E-state index contributed by atoms with van der Waals surface area (Å²) in [6.07, 6.45) is -0.380. The summed E-state index contributed by atoms with van der Waals surface area (Å²) in [6, 6.07) is 18.2. The van der Waals surface area contributed by atoms with Crippen molar-refractivity contribution in [3.63, 3.8) is 0 Å². The van der Waals surface area contributed by atoms with Gasteiger partial charge in [-0.15, -0.1) is 0 Å². The van der Waals surface area contributed by atoms with E-state index in [-0.39, 0.29) is 41.2 Å². The summed E-state index contributed by atoms with van der Waals surface area (Å²) in [7, 11) is 0. The van der Waals surface area contributed by atoms with E-state index < -0.39 is 23.5 Å². The van der Waals surface area contributed by atoms with Gasteiger partial charge in [0.15, 0.2) is 17.4 Å². The van der Waals surface area contributed by atoms with E-state index in [0.717, 1.165) is 0 Å². The van der Waals surface area contributed by atoms with Gasteiger partial charge in [-0.1, -0.05) is 60.7 Å². The van der Waals surface area contributed by atoms with Gasteiger partial charge in [0.25, 0.3) is 0 Å². The highest BCUT2D eigenvalue weighted by molar-refractivity contribution is 6.16. The first-order chi connectivity index (χ1) is 15.3. The molecule has 0 radical (unpaired) electrons. The lowest BCUT2D eigenvalue weighted by molar-refractivity contribution is -0.138. The van der Waals surface area contributed by atoms with E-state index >= 15 is 0 Å². The van der Waals surface area contributed by atoms with Gasteiger partial charge >= 0.3 is 0 Å². The van der Waals surface area contributed by atoms with E-state index in [1.165, 1.54) is 6.07 Å². The molecule has 6 nitrogen and oxygen atoms in total. The summed E-state index contributed by atoms with van der Waals surface area (Å²) in [4.78, 5) is 26.3. The monoisotopic (exact) mass is 432 g/mol. The van der Waals surface area contributed by atoms with Crippen LogP contribution in [0.1, 0.15) is 51.3 Å². The fourth-order valence-electron chi connectivity index (χ4n) is 3.84. The summed E-state index contributed by atoms with van der Waals surface area (Å²) in [6.45, 7) is 3.80. The Kier molecular flexibility index (Phi) is 5.82. The minimum Gasteiger partial charge on any atom is -0.507 e. The number of hydrogen-bond acceptors (Lipinski definition) is 6. The molecule has 1 atom stereocenters. The fraction of sp³-hybridized carbons (Fsp3) is 0.231. The number of carbonyl (C=O) groups is 2. The van der Waals surface area contributed by atoms with E-state index in [1.54, 1.807) is 74.5 Å². The summed E-state index contributed by atoms with van der Waals surface area (Å²) < 4.78 is 11.4. The van der Waals surface area contributed by atoms with Gasteiger partial charge in [-0.3, -0.25) is 9.59 Å². The Hall–Kier alpha value is -3.48. The van der Waals surface area contributed by atoms with Crippen molar-refractivity contribution in [3.05, 3.63) is 94.5 Å². The Labute approximate surface area is 186 Å². The van der Waals surface area contributed by atoms with Crippen LogP contribution in [0.15, 0.2) is 66.7 Å². The number of rotatable bonds is 6. The Bertz CT molecular complexity index is 1080. The minimum atomic E-state index is -0.796. The number of benzene rings is 3. The molecular weight excluding hydrogens is 408 g/mol. The normalized spacial score (nSPS) is 17.2. The van der Waals surface area contributed by atoms with Crippen LogP contribution in [0.5, 0.6) is 11.5 Å². The number of ketones is 2. The number of phenols is 2. The van der Waals surface area contributed by atoms with Crippen LogP contribution in [0.3, 0.4) is 0 Å². The highest BCUT2D eigenvalue weighted by Crippen LogP contribution is 2.39. The molecule has 0 saturated carbocycles. The lowest BCUT2D eigenvalue weighted by atomic mass is 9.91. The van der Waals surface area contributed by atoms with E-state index in [4.69, 9.17) is 9.47 Å². The summed E-state index contributed by atoms with van der Waals surface area (Å²) >= 11 is 0. The molecule has 1 aliphatic heterocycles. The van der Waals surface area contributed by atoms with Crippen LogP contribution in [0.2, 0.25) is 0 Å². The molecule has 32 heavy (non-hydrogen) atoms. The average molecular weight is 432 g/mol. The first-order valence-electron chi connectivity index (χ1n) is 10.4. The molecule has 0 bridgehead atoms. The zero-order valence-corrected chi connectivity index (χ0v) is 17.9. The Morgan fingerprint density at radius 3 is 1.75 bits per heavy atom. The van der Waals surface area contributed by atoms with Gasteiger partial charge in [0.05, 0.1) is 23.8 Å². The number of phenolic OH excluding ortho intramolecular Hbond substituents is 2. The predicted molar refractivity (Wildman–Crippen MR) is 118 cm³/mol. The Morgan fingerprint density at radius 1 is 0.875 bits per heavy atom. The molecule has 0 amide bonds. The predicted octanol–water partition coefficient (Wildman–Crippen LogP) is 4.25.